The Morgan fingerprint density at radius 2 is 2.00 bits per heavy atom. The molecule has 17 heavy (non-hydrogen) atoms. The first-order valence-electron chi connectivity index (χ1n) is 4.62. The van der Waals surface area contributed by atoms with E-state index in [2.05, 4.69) is 15.1 Å². The highest BCUT2D eigenvalue weighted by Crippen LogP contribution is 2.07. The quantitative estimate of drug-likeness (QED) is 0.750. The summed E-state index contributed by atoms with van der Waals surface area (Å²) in [6.07, 6.45) is 4.02. The summed E-state index contributed by atoms with van der Waals surface area (Å²) in [5, 5.41) is 2.68. The first-order chi connectivity index (χ1) is 8.16. The molecule has 7 heteroatoms. The standard InChI is InChI=1S/C10H7N3O4/c14-8-3-4-9(15)13(8)17-10(16)12-7-2-1-5-11-6-7/h1-6H,(H,12,16). The average molecular weight is 233 g/mol. The molecule has 1 aliphatic rings. The van der Waals surface area contributed by atoms with Crippen molar-refractivity contribution in [1.29, 1.82) is 0 Å². The number of nitrogens with one attached hydrogen (secondary N) is 1. The van der Waals surface area contributed by atoms with Gasteiger partial charge in [-0.1, -0.05) is 5.06 Å². The minimum Gasteiger partial charge on any atom is -0.310 e. The topological polar surface area (TPSA) is 88.6 Å². The van der Waals surface area contributed by atoms with E-state index in [0.29, 0.717) is 10.8 Å². The number of pyridine rings is 1. The van der Waals surface area contributed by atoms with Crippen molar-refractivity contribution in [3.05, 3.63) is 36.7 Å². The summed E-state index contributed by atoms with van der Waals surface area (Å²) in [4.78, 5) is 41.8. The molecule has 86 valence electrons. The number of carbonyl (C=O) groups is 3. The first-order valence-corrected chi connectivity index (χ1v) is 4.62. The van der Waals surface area contributed by atoms with Crippen molar-refractivity contribution >= 4 is 23.6 Å². The van der Waals surface area contributed by atoms with Gasteiger partial charge in [0.2, 0.25) is 0 Å². The Hall–Kier alpha value is -2.70. The summed E-state index contributed by atoms with van der Waals surface area (Å²) in [5.74, 6) is -1.40. The van der Waals surface area contributed by atoms with Crippen molar-refractivity contribution in [1.82, 2.24) is 10.0 Å². The van der Waals surface area contributed by atoms with Crippen molar-refractivity contribution in [2.45, 2.75) is 0 Å². The Labute approximate surface area is 95.6 Å². The van der Waals surface area contributed by atoms with Gasteiger partial charge in [0.05, 0.1) is 11.9 Å². The van der Waals surface area contributed by atoms with Gasteiger partial charge in [-0.15, -0.1) is 0 Å². The molecule has 0 saturated heterocycles. The molecule has 0 radical (unpaired) electrons. The number of aromatic nitrogens is 1. The van der Waals surface area contributed by atoms with Crippen LogP contribution in [0.4, 0.5) is 10.5 Å². The van der Waals surface area contributed by atoms with E-state index in [0.717, 1.165) is 12.2 Å². The molecule has 2 rings (SSSR count). The molecule has 0 spiro atoms. The second-order valence-electron chi connectivity index (χ2n) is 3.05. The number of rotatable bonds is 2. The highest BCUT2D eigenvalue weighted by atomic mass is 16.7. The monoisotopic (exact) mass is 233 g/mol. The van der Waals surface area contributed by atoms with E-state index in [9.17, 15) is 14.4 Å². The van der Waals surface area contributed by atoms with Crippen LogP contribution in [0.3, 0.4) is 0 Å². The van der Waals surface area contributed by atoms with Crippen LogP contribution in [0.2, 0.25) is 0 Å². The molecule has 1 aromatic rings. The van der Waals surface area contributed by atoms with Crippen LogP contribution in [-0.4, -0.2) is 28.0 Å². The molecule has 0 bridgehead atoms. The molecule has 1 N–H and O–H groups in total. The van der Waals surface area contributed by atoms with Crippen LogP contribution >= 0.6 is 0 Å². The zero-order chi connectivity index (χ0) is 12.3. The van der Waals surface area contributed by atoms with Crippen LogP contribution in [-0.2, 0) is 14.4 Å². The van der Waals surface area contributed by atoms with Crippen molar-refractivity contribution in [2.75, 3.05) is 5.32 Å². The molecule has 0 aliphatic carbocycles. The maximum Gasteiger partial charge on any atom is 0.436 e. The van der Waals surface area contributed by atoms with E-state index in [1.807, 2.05) is 0 Å². The molecular formula is C10H7N3O4. The fraction of sp³-hybridized carbons (Fsp3) is 0. The molecule has 0 saturated carbocycles. The lowest BCUT2D eigenvalue weighted by molar-refractivity contribution is -0.168. The van der Waals surface area contributed by atoms with Crippen molar-refractivity contribution in [3.8, 4) is 0 Å². The SMILES string of the molecule is O=C(Nc1cccnc1)ON1C(=O)C=CC1=O. The van der Waals surface area contributed by atoms with Crippen molar-refractivity contribution in [2.24, 2.45) is 0 Å². The Balaban J connectivity index is 1.94. The van der Waals surface area contributed by atoms with E-state index < -0.39 is 17.9 Å². The number of imide groups is 1. The van der Waals surface area contributed by atoms with Gasteiger partial charge in [0, 0.05) is 18.3 Å². The van der Waals surface area contributed by atoms with E-state index in [-0.39, 0.29) is 0 Å². The van der Waals surface area contributed by atoms with Crippen LogP contribution in [0.15, 0.2) is 36.7 Å². The molecule has 0 atom stereocenters. The van der Waals surface area contributed by atoms with Gasteiger partial charge >= 0.3 is 6.09 Å². The van der Waals surface area contributed by atoms with Crippen LogP contribution in [0, 0.1) is 0 Å². The Kier molecular flexibility index (Phi) is 2.82. The Morgan fingerprint density at radius 1 is 1.29 bits per heavy atom. The van der Waals surface area contributed by atoms with Gasteiger partial charge in [-0.2, -0.15) is 0 Å². The van der Waals surface area contributed by atoms with E-state index in [4.69, 9.17) is 0 Å². The van der Waals surface area contributed by atoms with Gasteiger partial charge in [0.1, 0.15) is 0 Å². The van der Waals surface area contributed by atoms with Crippen LogP contribution in [0.5, 0.6) is 0 Å². The Morgan fingerprint density at radius 3 is 2.59 bits per heavy atom. The predicted molar refractivity (Wildman–Crippen MR) is 55.3 cm³/mol. The number of hydroxylamine groups is 2. The minimum atomic E-state index is -0.941. The lowest BCUT2D eigenvalue weighted by Gasteiger charge is -2.12. The summed E-state index contributed by atoms with van der Waals surface area (Å²) in [5.41, 5.74) is 0.393. The van der Waals surface area contributed by atoms with Gasteiger partial charge in [0.15, 0.2) is 0 Å². The number of hydrogen-bond acceptors (Lipinski definition) is 5. The van der Waals surface area contributed by atoms with E-state index in [1.54, 1.807) is 12.1 Å². The largest absolute Gasteiger partial charge is 0.436 e. The van der Waals surface area contributed by atoms with Gasteiger partial charge in [-0.3, -0.25) is 19.9 Å². The molecular weight excluding hydrogens is 226 g/mol. The lowest BCUT2D eigenvalue weighted by atomic mass is 10.4. The average Bonchev–Trinajstić information content (AvgIpc) is 2.62. The second-order valence-corrected chi connectivity index (χ2v) is 3.05. The van der Waals surface area contributed by atoms with E-state index in [1.165, 1.54) is 12.4 Å². The van der Waals surface area contributed by atoms with Crippen molar-refractivity contribution in [3.63, 3.8) is 0 Å². The summed E-state index contributed by atoms with van der Waals surface area (Å²) in [6.45, 7) is 0. The zero-order valence-corrected chi connectivity index (χ0v) is 8.49. The molecule has 1 aliphatic heterocycles. The molecule has 0 unspecified atom stereocenters. The lowest BCUT2D eigenvalue weighted by Crippen LogP contribution is -2.34. The highest BCUT2D eigenvalue weighted by Gasteiger charge is 2.27. The smallest absolute Gasteiger partial charge is 0.310 e. The van der Waals surface area contributed by atoms with Crippen LogP contribution in [0.1, 0.15) is 0 Å². The first kappa shape index (κ1) is 10.8. The van der Waals surface area contributed by atoms with Crippen LogP contribution < -0.4 is 5.32 Å². The van der Waals surface area contributed by atoms with Crippen molar-refractivity contribution < 1.29 is 19.2 Å². The molecule has 0 fully saturated rings. The Bertz CT molecular complexity index is 480. The minimum absolute atomic E-state index is 0.367. The normalized spacial score (nSPS) is 14.0. The summed E-state index contributed by atoms with van der Waals surface area (Å²) in [7, 11) is 0. The predicted octanol–water partition coefficient (Wildman–Crippen LogP) is 0.470. The van der Waals surface area contributed by atoms with E-state index >= 15 is 0 Å². The number of carbonyl (C=O) groups excluding carboxylic acids is 3. The molecule has 7 nitrogen and oxygen atoms in total. The maximum atomic E-state index is 11.3. The number of nitrogens with zero attached hydrogens (tertiary/aromatic N) is 2. The highest BCUT2D eigenvalue weighted by molar-refractivity contribution is 6.12. The number of amides is 3. The summed E-state index contributed by atoms with van der Waals surface area (Å²) in [6, 6.07) is 3.20. The van der Waals surface area contributed by atoms with Crippen LogP contribution in [0.25, 0.3) is 0 Å². The third-order valence-electron chi connectivity index (χ3n) is 1.85. The zero-order valence-electron chi connectivity index (χ0n) is 8.49. The molecule has 0 aromatic carbocycles. The van der Waals surface area contributed by atoms with Gasteiger partial charge in [0.25, 0.3) is 11.8 Å². The second kappa shape index (κ2) is 4.44. The number of hydrogen-bond donors (Lipinski definition) is 1. The van der Waals surface area contributed by atoms with Gasteiger partial charge in [-0.25, -0.2) is 4.79 Å². The third-order valence-corrected chi connectivity index (χ3v) is 1.85. The molecule has 2 heterocycles. The number of anilines is 1. The van der Waals surface area contributed by atoms with Gasteiger partial charge in [-0.05, 0) is 12.1 Å². The summed E-state index contributed by atoms with van der Waals surface area (Å²) >= 11 is 0. The maximum absolute atomic E-state index is 11.3. The molecule has 1 aromatic heterocycles. The van der Waals surface area contributed by atoms with Gasteiger partial charge < -0.3 is 4.84 Å². The molecule has 3 amide bonds. The fourth-order valence-corrected chi connectivity index (χ4v) is 1.14. The summed E-state index contributed by atoms with van der Waals surface area (Å²) < 4.78 is 0. The fourth-order valence-electron chi connectivity index (χ4n) is 1.14. The third kappa shape index (κ3) is 2.46.